The van der Waals surface area contributed by atoms with Crippen LogP contribution < -0.4 is 0 Å². The van der Waals surface area contributed by atoms with Gasteiger partial charge in [0, 0.05) is 29.3 Å². The van der Waals surface area contributed by atoms with Crippen LogP contribution in [-0.4, -0.2) is 32.1 Å². The lowest BCUT2D eigenvalue weighted by molar-refractivity contribution is 0.394. The molecule has 32 heavy (non-hydrogen) atoms. The number of rotatable bonds is 4. The lowest BCUT2D eigenvalue weighted by Crippen LogP contribution is -2.33. The Kier molecular flexibility index (Phi) is 6.05. The van der Waals surface area contributed by atoms with Crippen LogP contribution in [0.3, 0.4) is 0 Å². The molecule has 0 fully saturated rings. The Morgan fingerprint density at radius 3 is 2.62 bits per heavy atom. The minimum atomic E-state index is -2.98. The smallest absolute Gasteiger partial charge is 0.199 e. The van der Waals surface area contributed by atoms with Gasteiger partial charge in [0.2, 0.25) is 0 Å². The van der Waals surface area contributed by atoms with Crippen LogP contribution in [0.5, 0.6) is 0 Å². The first-order valence-corrected chi connectivity index (χ1v) is 11.5. The summed E-state index contributed by atoms with van der Waals surface area (Å²) in [7, 11) is -2.98. The number of hydrogen-bond donors (Lipinski definition) is 0. The number of aromatic nitrogens is 1. The van der Waals surface area contributed by atoms with Gasteiger partial charge >= 0.3 is 0 Å². The first-order valence-electron chi connectivity index (χ1n) is 9.84. The zero-order valence-electron chi connectivity index (χ0n) is 17.2. The molecule has 2 unspecified atom stereocenters. The quantitative estimate of drug-likeness (QED) is 0.519. The molecular weight excluding hydrogens is 432 g/mol. The number of oxazole rings is 1. The standard InChI is InChI=1S/C24H21F2N3O2S/c1-17-28-15-18(22-11-10-20(25)14-23(22)26)8-9-19(24-27-12-13-31-24)16-29(17)32(2,30)21-6-4-3-5-7-21/h3-8,10-15,19H,1-2,9,16H2/b18-8+,28-15?. The lowest BCUT2D eigenvalue weighted by atomic mass is 9.99. The second-order valence-electron chi connectivity index (χ2n) is 7.28. The molecule has 0 radical (unpaired) electrons. The van der Waals surface area contributed by atoms with Crippen molar-refractivity contribution >= 4 is 27.4 Å². The van der Waals surface area contributed by atoms with Crippen LogP contribution in [-0.2, 0) is 9.71 Å². The van der Waals surface area contributed by atoms with Gasteiger partial charge in [0.05, 0.1) is 21.8 Å². The summed E-state index contributed by atoms with van der Waals surface area (Å²) in [6, 6.07) is 12.2. The first kappa shape index (κ1) is 21.7. The van der Waals surface area contributed by atoms with E-state index in [1.54, 1.807) is 30.3 Å². The topological polar surface area (TPSA) is 58.7 Å². The van der Waals surface area contributed by atoms with E-state index in [4.69, 9.17) is 4.42 Å². The Morgan fingerprint density at radius 1 is 1.16 bits per heavy atom. The van der Waals surface area contributed by atoms with Gasteiger partial charge in [-0.25, -0.2) is 23.0 Å². The summed E-state index contributed by atoms with van der Waals surface area (Å²) >= 11 is 0. The Balaban J connectivity index is 1.79. The average Bonchev–Trinajstić information content (AvgIpc) is 3.32. The predicted molar refractivity (Wildman–Crippen MR) is 123 cm³/mol. The van der Waals surface area contributed by atoms with E-state index in [1.807, 2.05) is 6.07 Å². The molecule has 4 rings (SSSR count). The molecule has 0 saturated carbocycles. The Morgan fingerprint density at radius 2 is 1.94 bits per heavy atom. The highest BCUT2D eigenvalue weighted by Gasteiger charge is 2.27. The number of hydrogen-bond acceptors (Lipinski definition) is 4. The van der Waals surface area contributed by atoms with Gasteiger partial charge in [0.15, 0.2) is 5.89 Å². The average molecular weight is 454 g/mol. The number of halogens is 2. The van der Waals surface area contributed by atoms with Crippen molar-refractivity contribution in [3.05, 3.63) is 103 Å². The summed E-state index contributed by atoms with van der Waals surface area (Å²) < 4.78 is 48.7. The van der Waals surface area contributed by atoms with E-state index < -0.39 is 21.3 Å². The summed E-state index contributed by atoms with van der Waals surface area (Å²) in [5.41, 5.74) is 0.637. The highest BCUT2D eigenvalue weighted by atomic mass is 32.2. The molecule has 164 valence electrons. The predicted octanol–water partition coefficient (Wildman–Crippen LogP) is 5.06. The number of allylic oxidation sites excluding steroid dienone is 2. The van der Waals surface area contributed by atoms with Crippen LogP contribution in [0.15, 0.2) is 93.8 Å². The molecule has 1 aliphatic heterocycles. The normalized spacial score (nSPS) is 20.6. The van der Waals surface area contributed by atoms with Gasteiger partial charge in [-0.3, -0.25) is 4.31 Å². The fourth-order valence-electron chi connectivity index (χ4n) is 3.48. The second-order valence-corrected chi connectivity index (χ2v) is 9.47. The van der Waals surface area contributed by atoms with Gasteiger partial charge in [-0.2, -0.15) is 0 Å². The van der Waals surface area contributed by atoms with Crippen molar-refractivity contribution in [2.45, 2.75) is 17.2 Å². The van der Waals surface area contributed by atoms with Gasteiger partial charge in [0.1, 0.15) is 23.7 Å². The maximum absolute atomic E-state index is 14.5. The van der Waals surface area contributed by atoms with Gasteiger partial charge < -0.3 is 4.42 Å². The highest BCUT2D eigenvalue weighted by molar-refractivity contribution is 7.98. The van der Waals surface area contributed by atoms with Crippen molar-refractivity contribution < 1.29 is 17.4 Å². The summed E-state index contributed by atoms with van der Waals surface area (Å²) in [5, 5.41) is 0. The summed E-state index contributed by atoms with van der Waals surface area (Å²) in [4.78, 5) is 9.14. The summed E-state index contributed by atoms with van der Waals surface area (Å²) in [6.45, 7) is 4.20. The van der Waals surface area contributed by atoms with Crippen molar-refractivity contribution in [2.24, 2.45) is 4.99 Å². The van der Waals surface area contributed by atoms with Crippen LogP contribution >= 0.6 is 0 Å². The molecule has 1 aromatic heterocycles. The molecule has 2 atom stereocenters. The summed E-state index contributed by atoms with van der Waals surface area (Å²) in [6.07, 6.45) is 6.58. The molecule has 0 bridgehead atoms. The van der Waals surface area contributed by atoms with E-state index >= 15 is 0 Å². The van der Waals surface area contributed by atoms with Crippen molar-refractivity contribution in [2.75, 3.05) is 6.54 Å². The maximum Gasteiger partial charge on any atom is 0.199 e. The Labute approximate surface area is 185 Å². The molecule has 2 aromatic carbocycles. The molecule has 2 heterocycles. The molecule has 5 nitrogen and oxygen atoms in total. The third-order valence-corrected chi connectivity index (χ3v) is 7.24. The van der Waals surface area contributed by atoms with Crippen LogP contribution in [0.25, 0.3) is 5.57 Å². The Bertz CT molecular complexity index is 1280. The largest absolute Gasteiger partial charge is 0.449 e. The summed E-state index contributed by atoms with van der Waals surface area (Å²) in [5.74, 6) is 2.90. The van der Waals surface area contributed by atoms with Crippen LogP contribution in [0.1, 0.15) is 23.8 Å². The molecule has 0 saturated heterocycles. The SMILES string of the molecule is C=C1N=C/C(c2ccc(F)cc2F)=C\CC(c2ncco2)CN1S(=C)(=O)c1ccccc1. The third kappa shape index (κ3) is 4.40. The lowest BCUT2D eigenvalue weighted by Gasteiger charge is -2.30. The zero-order chi connectivity index (χ0) is 22.7. The second kappa shape index (κ2) is 8.92. The zero-order valence-corrected chi connectivity index (χ0v) is 18.0. The van der Waals surface area contributed by atoms with Crippen LogP contribution in [0.2, 0.25) is 0 Å². The van der Waals surface area contributed by atoms with Crippen LogP contribution in [0.4, 0.5) is 8.78 Å². The Hall–Kier alpha value is -3.52. The fraction of sp³-hybridized carbons (Fsp3) is 0.125. The molecule has 0 N–H and O–H groups in total. The van der Waals surface area contributed by atoms with Gasteiger partial charge in [-0.05, 0) is 42.1 Å². The first-order chi connectivity index (χ1) is 15.4. The van der Waals surface area contributed by atoms with E-state index in [-0.39, 0.29) is 23.8 Å². The number of aliphatic imine (C=N–C) groups is 1. The molecule has 0 spiro atoms. The minimum absolute atomic E-state index is 0.195. The van der Waals surface area contributed by atoms with E-state index in [2.05, 4.69) is 22.4 Å². The van der Waals surface area contributed by atoms with Crippen molar-refractivity contribution in [3.8, 4) is 0 Å². The van der Waals surface area contributed by atoms with Crippen LogP contribution in [0, 0.1) is 11.6 Å². The monoisotopic (exact) mass is 453 g/mol. The van der Waals surface area contributed by atoms with E-state index in [0.717, 1.165) is 6.07 Å². The molecule has 0 aliphatic carbocycles. The van der Waals surface area contributed by atoms with Gasteiger partial charge in [-0.15, -0.1) is 0 Å². The maximum atomic E-state index is 14.5. The van der Waals surface area contributed by atoms with Gasteiger partial charge in [0.25, 0.3) is 0 Å². The minimum Gasteiger partial charge on any atom is -0.449 e. The molecule has 8 heteroatoms. The molecule has 1 aliphatic rings. The number of benzene rings is 2. The van der Waals surface area contributed by atoms with Crippen molar-refractivity contribution in [1.29, 1.82) is 0 Å². The third-order valence-electron chi connectivity index (χ3n) is 5.16. The van der Waals surface area contributed by atoms with E-state index in [0.29, 0.717) is 22.8 Å². The highest BCUT2D eigenvalue weighted by Crippen LogP contribution is 2.30. The molecular formula is C24H21F2N3O2S. The van der Waals surface area contributed by atoms with Crippen molar-refractivity contribution in [3.63, 3.8) is 0 Å². The molecule has 0 amide bonds. The number of nitrogens with zero attached hydrogens (tertiary/aromatic N) is 3. The fourth-order valence-corrected chi connectivity index (χ4v) is 5.12. The van der Waals surface area contributed by atoms with Gasteiger partial charge in [-0.1, -0.05) is 30.9 Å². The van der Waals surface area contributed by atoms with E-state index in [1.165, 1.54) is 35.1 Å². The molecule has 3 aromatic rings. The van der Waals surface area contributed by atoms with E-state index in [9.17, 15) is 13.0 Å². The van der Waals surface area contributed by atoms with Crippen molar-refractivity contribution in [1.82, 2.24) is 9.29 Å².